The highest BCUT2D eigenvalue weighted by Gasteiger charge is 2.44. The van der Waals surface area contributed by atoms with E-state index in [0.29, 0.717) is 12.2 Å². The molecule has 1 aromatic rings. The van der Waals surface area contributed by atoms with Crippen molar-refractivity contribution < 1.29 is 9.32 Å². The second-order valence-corrected chi connectivity index (χ2v) is 10.6. The number of fused-ring (bicyclic) bond motifs is 1. The average Bonchev–Trinajstić information content (AvgIpc) is 2.63. The number of nitrogens with zero attached hydrogens (tertiary/aromatic N) is 2. The van der Waals surface area contributed by atoms with Crippen molar-refractivity contribution in [2.24, 2.45) is 0 Å². The minimum absolute atomic E-state index is 0.0760. The van der Waals surface area contributed by atoms with Crippen LogP contribution in [0.2, 0.25) is 0 Å². The molecule has 5 nitrogen and oxygen atoms in total. The van der Waals surface area contributed by atoms with E-state index in [9.17, 15) is 9.32 Å². The molecule has 2 heterocycles. The maximum Gasteiger partial charge on any atom is 0.146 e. The molecule has 0 spiro atoms. The third-order valence-electron chi connectivity index (χ3n) is 4.88. The fourth-order valence-electron chi connectivity index (χ4n) is 3.15. The first-order chi connectivity index (χ1) is 10.6. The van der Waals surface area contributed by atoms with Gasteiger partial charge in [0.25, 0.3) is 0 Å². The molecule has 3 rings (SSSR count). The van der Waals surface area contributed by atoms with Crippen LogP contribution < -0.4 is 5.32 Å². The van der Waals surface area contributed by atoms with Crippen LogP contribution in [0.1, 0.15) is 65.4 Å². The van der Waals surface area contributed by atoms with Gasteiger partial charge in [0, 0.05) is 11.8 Å². The van der Waals surface area contributed by atoms with Crippen molar-refractivity contribution in [3.8, 4) is 0 Å². The van der Waals surface area contributed by atoms with Gasteiger partial charge in [-0.3, -0.25) is 4.21 Å². The van der Waals surface area contributed by atoms with Crippen molar-refractivity contribution in [1.82, 2.24) is 9.97 Å². The van der Waals surface area contributed by atoms with Crippen LogP contribution in [0.3, 0.4) is 0 Å². The highest BCUT2D eigenvalue weighted by molar-refractivity contribution is 7.87. The molecule has 1 aromatic heterocycles. The Hall–Kier alpha value is -1.01. The van der Waals surface area contributed by atoms with Crippen LogP contribution in [-0.4, -0.2) is 36.2 Å². The number of hydrogen-bond donors (Lipinski definition) is 2. The van der Waals surface area contributed by atoms with Crippen molar-refractivity contribution in [2.45, 2.75) is 80.9 Å². The minimum Gasteiger partial charge on any atom is -0.394 e. The van der Waals surface area contributed by atoms with E-state index >= 15 is 0 Å². The van der Waals surface area contributed by atoms with Gasteiger partial charge in [-0.05, 0) is 33.1 Å². The molecular weight excluding hydrogens is 310 g/mol. The fourth-order valence-corrected chi connectivity index (χ4v) is 4.58. The average molecular weight is 337 g/mol. The Balaban J connectivity index is 2.10. The molecule has 1 fully saturated rings. The van der Waals surface area contributed by atoms with Gasteiger partial charge in [-0.15, -0.1) is 0 Å². The molecule has 1 atom stereocenters. The molecule has 0 aromatic carbocycles. The lowest BCUT2D eigenvalue weighted by Crippen LogP contribution is -2.49. The van der Waals surface area contributed by atoms with Gasteiger partial charge in [0.2, 0.25) is 0 Å². The summed E-state index contributed by atoms with van der Waals surface area (Å²) in [5.74, 6) is 1.43. The summed E-state index contributed by atoms with van der Waals surface area (Å²) < 4.78 is 12.6. The summed E-state index contributed by atoms with van der Waals surface area (Å²) in [6.45, 7) is 10.3. The fraction of sp³-hybridized carbons (Fsp3) is 0.765. The second kappa shape index (κ2) is 5.24. The van der Waals surface area contributed by atoms with Gasteiger partial charge in [-0.2, -0.15) is 0 Å². The van der Waals surface area contributed by atoms with Crippen LogP contribution in [-0.2, 0) is 22.6 Å². The first kappa shape index (κ1) is 16.8. The van der Waals surface area contributed by atoms with Gasteiger partial charge in [0.1, 0.15) is 16.5 Å². The molecule has 1 aliphatic heterocycles. The van der Waals surface area contributed by atoms with Gasteiger partial charge in [0.15, 0.2) is 0 Å². The van der Waals surface area contributed by atoms with Crippen LogP contribution in [0.4, 0.5) is 5.82 Å². The SMILES string of the molecule is CC(C)(C)c1nc2c(c(NC3(CO)CCC3)n1)S(=O)C(C)(C)C2. The molecule has 0 bridgehead atoms. The summed E-state index contributed by atoms with van der Waals surface area (Å²) in [6.07, 6.45) is 3.63. The zero-order valence-corrected chi connectivity index (χ0v) is 15.5. The summed E-state index contributed by atoms with van der Waals surface area (Å²) in [5.41, 5.74) is 0.406. The summed E-state index contributed by atoms with van der Waals surface area (Å²) in [4.78, 5) is 10.2. The van der Waals surface area contributed by atoms with Crippen molar-refractivity contribution in [1.29, 1.82) is 0 Å². The molecular formula is C17H27N3O2S. The molecule has 0 amide bonds. The van der Waals surface area contributed by atoms with Crippen molar-refractivity contribution in [3.05, 3.63) is 11.5 Å². The Bertz CT molecular complexity index is 655. The van der Waals surface area contributed by atoms with E-state index in [4.69, 9.17) is 9.97 Å². The van der Waals surface area contributed by atoms with E-state index in [0.717, 1.165) is 35.7 Å². The Morgan fingerprint density at radius 2 is 1.91 bits per heavy atom. The Labute approximate surface area is 140 Å². The van der Waals surface area contributed by atoms with E-state index in [1.807, 2.05) is 13.8 Å². The highest BCUT2D eigenvalue weighted by Crippen LogP contribution is 2.42. The standard InChI is InChI=1S/C17H27N3O2S/c1-15(2,3)14-18-11-9-16(4,5)23(22)12(11)13(19-14)20-17(10-21)7-6-8-17/h21H,6-10H2,1-5H3,(H,18,19,20). The number of nitrogens with one attached hydrogen (secondary N) is 1. The van der Waals surface area contributed by atoms with Crippen molar-refractivity contribution in [3.63, 3.8) is 0 Å². The number of rotatable bonds is 3. The smallest absolute Gasteiger partial charge is 0.146 e. The van der Waals surface area contributed by atoms with Crippen LogP contribution in [0.5, 0.6) is 0 Å². The predicted octanol–water partition coefficient (Wildman–Crippen LogP) is 2.54. The Morgan fingerprint density at radius 3 is 2.39 bits per heavy atom. The molecule has 128 valence electrons. The van der Waals surface area contributed by atoms with Crippen LogP contribution in [0.15, 0.2) is 4.90 Å². The van der Waals surface area contributed by atoms with E-state index in [2.05, 4.69) is 26.1 Å². The molecule has 0 radical (unpaired) electrons. The number of anilines is 1. The van der Waals surface area contributed by atoms with Crippen LogP contribution >= 0.6 is 0 Å². The lowest BCUT2D eigenvalue weighted by Gasteiger charge is -2.41. The van der Waals surface area contributed by atoms with E-state index in [1.165, 1.54) is 0 Å². The molecule has 2 aliphatic rings. The Morgan fingerprint density at radius 1 is 1.26 bits per heavy atom. The third kappa shape index (κ3) is 2.80. The number of aliphatic hydroxyl groups is 1. The molecule has 1 aliphatic carbocycles. The van der Waals surface area contributed by atoms with E-state index < -0.39 is 10.8 Å². The summed E-state index contributed by atoms with van der Waals surface area (Å²) in [7, 11) is -1.14. The molecule has 0 saturated heterocycles. The first-order valence-electron chi connectivity index (χ1n) is 8.30. The molecule has 23 heavy (non-hydrogen) atoms. The van der Waals surface area contributed by atoms with E-state index in [-0.39, 0.29) is 22.3 Å². The lowest BCUT2D eigenvalue weighted by atomic mass is 9.77. The van der Waals surface area contributed by atoms with Crippen LogP contribution in [0, 0.1) is 0 Å². The number of hydrogen-bond acceptors (Lipinski definition) is 5. The van der Waals surface area contributed by atoms with Gasteiger partial charge >= 0.3 is 0 Å². The zero-order valence-electron chi connectivity index (χ0n) is 14.7. The van der Waals surface area contributed by atoms with Crippen LogP contribution in [0.25, 0.3) is 0 Å². The van der Waals surface area contributed by atoms with Gasteiger partial charge < -0.3 is 10.4 Å². The number of aromatic nitrogens is 2. The quantitative estimate of drug-likeness (QED) is 0.886. The molecule has 1 unspecified atom stereocenters. The van der Waals surface area contributed by atoms with Crippen molar-refractivity contribution in [2.75, 3.05) is 11.9 Å². The highest BCUT2D eigenvalue weighted by atomic mass is 32.2. The summed E-state index contributed by atoms with van der Waals surface area (Å²) in [5, 5.41) is 13.2. The normalized spacial score (nSPS) is 24.9. The minimum atomic E-state index is -1.14. The largest absolute Gasteiger partial charge is 0.394 e. The van der Waals surface area contributed by atoms with Crippen molar-refractivity contribution >= 4 is 16.6 Å². The van der Waals surface area contributed by atoms with Gasteiger partial charge in [-0.25, -0.2) is 9.97 Å². The monoisotopic (exact) mass is 337 g/mol. The zero-order chi connectivity index (χ0) is 17.0. The maximum atomic E-state index is 12.9. The molecule has 6 heteroatoms. The number of aliphatic hydroxyl groups excluding tert-OH is 1. The second-order valence-electron chi connectivity index (χ2n) is 8.54. The lowest BCUT2D eigenvalue weighted by molar-refractivity contribution is 0.143. The maximum absolute atomic E-state index is 12.9. The first-order valence-corrected chi connectivity index (χ1v) is 9.45. The Kier molecular flexibility index (Phi) is 3.84. The predicted molar refractivity (Wildman–Crippen MR) is 92.2 cm³/mol. The third-order valence-corrected chi connectivity index (χ3v) is 6.83. The summed E-state index contributed by atoms with van der Waals surface area (Å²) >= 11 is 0. The molecule has 1 saturated carbocycles. The molecule has 2 N–H and O–H groups in total. The summed E-state index contributed by atoms with van der Waals surface area (Å²) in [6, 6.07) is 0. The van der Waals surface area contributed by atoms with Gasteiger partial charge in [0.05, 0.1) is 33.4 Å². The van der Waals surface area contributed by atoms with Gasteiger partial charge in [-0.1, -0.05) is 20.8 Å². The van der Waals surface area contributed by atoms with E-state index in [1.54, 1.807) is 0 Å². The topological polar surface area (TPSA) is 75.1 Å².